The van der Waals surface area contributed by atoms with Crippen LogP contribution in [0.4, 0.5) is 5.82 Å². The van der Waals surface area contributed by atoms with Gasteiger partial charge in [0, 0.05) is 18.0 Å². The summed E-state index contributed by atoms with van der Waals surface area (Å²) in [5, 5.41) is 25.6. The van der Waals surface area contributed by atoms with E-state index in [4.69, 9.17) is 5.11 Å². The SMILES string of the molecule is CCN(CC(=O)O)C1CC(Nc2ccc3nnc(C4CC4C)n3n2)C1. The monoisotopic (exact) mass is 344 g/mol. The molecule has 2 aliphatic rings. The molecule has 0 saturated heterocycles. The second-order valence-corrected chi connectivity index (χ2v) is 7.29. The second kappa shape index (κ2) is 6.25. The van der Waals surface area contributed by atoms with Gasteiger partial charge in [0.15, 0.2) is 11.5 Å². The third-order valence-electron chi connectivity index (χ3n) is 5.45. The summed E-state index contributed by atoms with van der Waals surface area (Å²) in [5.74, 6) is 2.15. The van der Waals surface area contributed by atoms with Gasteiger partial charge in [0.05, 0.1) is 6.54 Å². The summed E-state index contributed by atoms with van der Waals surface area (Å²) in [4.78, 5) is 12.9. The highest BCUT2D eigenvalue weighted by molar-refractivity contribution is 5.69. The summed E-state index contributed by atoms with van der Waals surface area (Å²) in [6, 6.07) is 4.54. The van der Waals surface area contributed by atoms with Crippen molar-refractivity contribution in [2.75, 3.05) is 18.4 Å². The van der Waals surface area contributed by atoms with Crippen LogP contribution in [-0.2, 0) is 4.79 Å². The van der Waals surface area contributed by atoms with Crippen molar-refractivity contribution in [1.29, 1.82) is 0 Å². The summed E-state index contributed by atoms with van der Waals surface area (Å²) >= 11 is 0. The van der Waals surface area contributed by atoms with Crippen LogP contribution in [0.2, 0.25) is 0 Å². The van der Waals surface area contributed by atoms with E-state index in [0.29, 0.717) is 23.9 Å². The summed E-state index contributed by atoms with van der Waals surface area (Å²) in [6.45, 7) is 5.10. The Bertz CT molecular complexity index is 785. The van der Waals surface area contributed by atoms with Crippen molar-refractivity contribution in [3.63, 3.8) is 0 Å². The fourth-order valence-electron chi connectivity index (χ4n) is 3.68. The van der Waals surface area contributed by atoms with Gasteiger partial charge in [-0.3, -0.25) is 9.69 Å². The molecule has 0 bridgehead atoms. The standard InChI is InChI=1S/C17H24N6O2/c1-3-22(9-16(24)25)12-7-11(8-12)18-14-4-5-15-19-20-17(23(15)21-14)13-6-10(13)2/h4-5,10-13H,3,6-9H2,1-2H3,(H,18,21)(H,24,25). The maximum Gasteiger partial charge on any atom is 0.317 e. The Hall–Kier alpha value is -2.22. The Morgan fingerprint density at radius 2 is 2.12 bits per heavy atom. The van der Waals surface area contributed by atoms with E-state index in [1.807, 2.05) is 28.5 Å². The molecule has 2 fully saturated rings. The first-order valence-corrected chi connectivity index (χ1v) is 9.00. The highest BCUT2D eigenvalue weighted by atomic mass is 16.4. The Labute approximate surface area is 146 Å². The number of fused-ring (bicyclic) bond motifs is 1. The summed E-state index contributed by atoms with van der Waals surface area (Å²) < 4.78 is 1.86. The topological polar surface area (TPSA) is 95.7 Å². The molecule has 8 nitrogen and oxygen atoms in total. The highest BCUT2D eigenvalue weighted by Gasteiger charge is 2.38. The molecular formula is C17H24N6O2. The van der Waals surface area contributed by atoms with E-state index < -0.39 is 5.97 Å². The maximum absolute atomic E-state index is 10.9. The van der Waals surface area contributed by atoms with E-state index >= 15 is 0 Å². The number of hydrogen-bond acceptors (Lipinski definition) is 6. The van der Waals surface area contributed by atoms with Crippen LogP contribution in [0.5, 0.6) is 0 Å². The molecule has 4 rings (SSSR count). The van der Waals surface area contributed by atoms with Gasteiger partial charge in [-0.2, -0.15) is 4.52 Å². The molecule has 2 unspecified atom stereocenters. The third-order valence-corrected chi connectivity index (χ3v) is 5.45. The zero-order chi connectivity index (χ0) is 17.6. The van der Waals surface area contributed by atoms with Gasteiger partial charge < -0.3 is 10.4 Å². The minimum absolute atomic E-state index is 0.113. The molecule has 2 aliphatic carbocycles. The molecular weight excluding hydrogens is 320 g/mol. The molecule has 25 heavy (non-hydrogen) atoms. The highest BCUT2D eigenvalue weighted by Crippen LogP contribution is 2.45. The number of nitrogens with zero attached hydrogens (tertiary/aromatic N) is 5. The predicted molar refractivity (Wildman–Crippen MR) is 92.6 cm³/mol. The van der Waals surface area contributed by atoms with Gasteiger partial charge in [-0.1, -0.05) is 13.8 Å². The normalized spacial score (nSPS) is 28.1. The number of rotatable bonds is 7. The number of nitrogens with one attached hydrogen (secondary N) is 1. The van der Waals surface area contributed by atoms with E-state index in [0.717, 1.165) is 43.1 Å². The molecule has 134 valence electrons. The molecule has 8 heteroatoms. The van der Waals surface area contributed by atoms with E-state index in [1.54, 1.807) is 0 Å². The number of aliphatic carboxylic acids is 1. The minimum Gasteiger partial charge on any atom is -0.480 e. The molecule has 2 N–H and O–H groups in total. The first kappa shape index (κ1) is 16.3. The van der Waals surface area contributed by atoms with Crippen LogP contribution in [0.25, 0.3) is 5.65 Å². The lowest BCUT2D eigenvalue weighted by Crippen LogP contribution is -2.51. The maximum atomic E-state index is 10.9. The largest absolute Gasteiger partial charge is 0.480 e. The lowest BCUT2D eigenvalue weighted by atomic mass is 9.85. The van der Waals surface area contributed by atoms with Crippen molar-refractivity contribution in [3.05, 3.63) is 18.0 Å². The van der Waals surface area contributed by atoms with Gasteiger partial charge >= 0.3 is 5.97 Å². The Morgan fingerprint density at radius 3 is 2.76 bits per heavy atom. The van der Waals surface area contributed by atoms with Crippen molar-refractivity contribution in [2.24, 2.45) is 5.92 Å². The van der Waals surface area contributed by atoms with E-state index in [1.165, 1.54) is 0 Å². The van der Waals surface area contributed by atoms with Crippen molar-refractivity contribution >= 4 is 17.4 Å². The van der Waals surface area contributed by atoms with Crippen molar-refractivity contribution in [2.45, 2.75) is 51.1 Å². The number of carboxylic acids is 1. The number of carbonyl (C=O) groups is 1. The van der Waals surface area contributed by atoms with Gasteiger partial charge in [-0.25, -0.2) is 0 Å². The lowest BCUT2D eigenvalue weighted by Gasteiger charge is -2.42. The molecule has 0 radical (unpaired) electrons. The molecule has 2 saturated carbocycles. The Morgan fingerprint density at radius 1 is 1.36 bits per heavy atom. The molecule has 0 aliphatic heterocycles. The summed E-state index contributed by atoms with van der Waals surface area (Å²) in [6.07, 6.45) is 3.03. The average molecular weight is 344 g/mol. The van der Waals surface area contributed by atoms with Crippen LogP contribution in [-0.4, -0.2) is 61.0 Å². The van der Waals surface area contributed by atoms with Crippen LogP contribution in [0.3, 0.4) is 0 Å². The van der Waals surface area contributed by atoms with Gasteiger partial charge in [-0.15, -0.1) is 15.3 Å². The Kier molecular flexibility index (Phi) is 4.07. The predicted octanol–water partition coefficient (Wildman–Crippen LogP) is 1.60. The van der Waals surface area contributed by atoms with Crippen molar-refractivity contribution in [3.8, 4) is 0 Å². The first-order valence-electron chi connectivity index (χ1n) is 9.00. The fourth-order valence-corrected chi connectivity index (χ4v) is 3.68. The third kappa shape index (κ3) is 3.18. The summed E-state index contributed by atoms with van der Waals surface area (Å²) in [7, 11) is 0. The van der Waals surface area contributed by atoms with Crippen LogP contribution >= 0.6 is 0 Å². The second-order valence-electron chi connectivity index (χ2n) is 7.29. The zero-order valence-electron chi connectivity index (χ0n) is 14.6. The van der Waals surface area contributed by atoms with Crippen LogP contribution < -0.4 is 5.32 Å². The molecule has 2 heterocycles. The van der Waals surface area contributed by atoms with E-state index in [9.17, 15) is 4.79 Å². The molecule has 0 aromatic carbocycles. The van der Waals surface area contributed by atoms with Crippen molar-refractivity contribution < 1.29 is 9.90 Å². The molecule has 2 atom stereocenters. The van der Waals surface area contributed by atoms with Gasteiger partial charge in [0.2, 0.25) is 0 Å². The Balaban J connectivity index is 1.40. The lowest BCUT2D eigenvalue weighted by molar-refractivity contribution is -0.139. The van der Waals surface area contributed by atoms with E-state index in [2.05, 4.69) is 27.5 Å². The van der Waals surface area contributed by atoms with Gasteiger partial charge in [0.25, 0.3) is 0 Å². The zero-order valence-corrected chi connectivity index (χ0v) is 14.6. The smallest absolute Gasteiger partial charge is 0.317 e. The van der Waals surface area contributed by atoms with E-state index in [-0.39, 0.29) is 6.54 Å². The first-order chi connectivity index (χ1) is 12.0. The number of anilines is 1. The van der Waals surface area contributed by atoms with Gasteiger partial charge in [0.1, 0.15) is 5.82 Å². The average Bonchev–Trinajstić information content (AvgIpc) is 3.12. The molecule has 0 spiro atoms. The van der Waals surface area contributed by atoms with Crippen LogP contribution in [0.1, 0.15) is 44.9 Å². The molecule has 0 amide bonds. The number of likely N-dealkylation sites (N-methyl/N-ethyl adjacent to an activating group) is 1. The van der Waals surface area contributed by atoms with Crippen LogP contribution in [0.15, 0.2) is 12.1 Å². The molecule has 2 aromatic rings. The molecule has 2 aromatic heterocycles. The number of carboxylic acid groups (broad SMARTS) is 1. The summed E-state index contributed by atoms with van der Waals surface area (Å²) in [5.41, 5.74) is 0.782. The van der Waals surface area contributed by atoms with Crippen molar-refractivity contribution in [1.82, 2.24) is 24.7 Å². The van der Waals surface area contributed by atoms with Gasteiger partial charge in [-0.05, 0) is 43.9 Å². The quantitative estimate of drug-likeness (QED) is 0.787. The number of aromatic nitrogens is 4. The number of hydrogen-bond donors (Lipinski definition) is 2. The van der Waals surface area contributed by atoms with Crippen LogP contribution in [0, 0.1) is 5.92 Å². The fraction of sp³-hybridized carbons (Fsp3) is 0.647. The minimum atomic E-state index is -0.764.